The number of nitrogens with zero attached hydrogens (tertiary/aromatic N) is 4. The van der Waals surface area contributed by atoms with E-state index in [9.17, 15) is 4.79 Å². The molecule has 3 rings (SSSR count). The number of carbonyl (C=O) groups excluding carboxylic acids is 1. The number of carbonyl (C=O) groups is 1. The van der Waals surface area contributed by atoms with E-state index in [1.54, 1.807) is 21.3 Å². The van der Waals surface area contributed by atoms with Gasteiger partial charge in [0, 0.05) is 44.0 Å². The van der Waals surface area contributed by atoms with Crippen LogP contribution in [0.25, 0.3) is 11.2 Å². The van der Waals surface area contributed by atoms with Crippen molar-refractivity contribution < 1.29 is 23.7 Å². The molecule has 0 atom stereocenters. The lowest BCUT2D eigenvalue weighted by atomic mass is 10.1. The summed E-state index contributed by atoms with van der Waals surface area (Å²) in [4.78, 5) is 24.8. The molecule has 2 aromatic heterocycles. The summed E-state index contributed by atoms with van der Waals surface area (Å²) in [5.74, 6) is 4.19. The lowest BCUT2D eigenvalue weighted by Gasteiger charge is -2.25. The molecular formula is C32H50N6O5. The lowest BCUT2D eigenvalue weighted by Crippen LogP contribution is -2.34. The first-order valence-corrected chi connectivity index (χ1v) is 15.0. The summed E-state index contributed by atoms with van der Waals surface area (Å²) in [6, 6.07) is 7.70. The Labute approximate surface area is 256 Å². The van der Waals surface area contributed by atoms with Gasteiger partial charge in [-0.05, 0) is 57.6 Å². The van der Waals surface area contributed by atoms with Gasteiger partial charge in [-0.15, -0.1) is 0 Å². The SMILES string of the molecule is COc1cc(Nc2nc3ccc(N(CCC(C)C)CCC(C)C)nc3n2CCNC(=O)OC(C)(C)C)cc(OC)c1OC. The smallest absolute Gasteiger partial charge is 0.407 e. The Bertz CT molecular complexity index is 1310. The Kier molecular flexibility index (Phi) is 11.7. The molecule has 0 spiro atoms. The minimum atomic E-state index is -0.586. The number of aromatic nitrogens is 3. The van der Waals surface area contributed by atoms with E-state index >= 15 is 0 Å². The van der Waals surface area contributed by atoms with Crippen molar-refractivity contribution >= 4 is 34.7 Å². The van der Waals surface area contributed by atoms with Gasteiger partial charge in [-0.3, -0.25) is 4.57 Å². The van der Waals surface area contributed by atoms with Gasteiger partial charge in [-0.1, -0.05) is 27.7 Å². The third-order valence-corrected chi connectivity index (χ3v) is 6.78. The van der Waals surface area contributed by atoms with Gasteiger partial charge in [0.15, 0.2) is 17.1 Å². The number of anilines is 3. The molecule has 238 valence electrons. The van der Waals surface area contributed by atoms with E-state index in [1.165, 1.54) is 0 Å². The van der Waals surface area contributed by atoms with Crippen LogP contribution >= 0.6 is 0 Å². The van der Waals surface area contributed by atoms with Gasteiger partial charge in [-0.2, -0.15) is 0 Å². The molecule has 3 aromatic rings. The van der Waals surface area contributed by atoms with E-state index in [-0.39, 0.29) is 0 Å². The Balaban J connectivity index is 2.02. The minimum Gasteiger partial charge on any atom is -0.493 e. The van der Waals surface area contributed by atoms with Crippen LogP contribution in [-0.2, 0) is 11.3 Å². The normalized spacial score (nSPS) is 11.6. The first-order valence-electron chi connectivity index (χ1n) is 15.0. The zero-order chi connectivity index (χ0) is 31.7. The van der Waals surface area contributed by atoms with Gasteiger partial charge >= 0.3 is 6.09 Å². The first-order chi connectivity index (χ1) is 20.3. The summed E-state index contributed by atoms with van der Waals surface area (Å²) < 4.78 is 24.0. The predicted octanol–water partition coefficient (Wildman–Crippen LogP) is 6.62. The number of alkyl carbamates (subject to hydrolysis) is 1. The maximum Gasteiger partial charge on any atom is 0.407 e. The molecule has 1 amide bonds. The molecule has 2 N–H and O–H groups in total. The highest BCUT2D eigenvalue weighted by Gasteiger charge is 2.20. The van der Waals surface area contributed by atoms with Crippen molar-refractivity contribution in [3.63, 3.8) is 0 Å². The minimum absolute atomic E-state index is 0.320. The fourth-order valence-corrected chi connectivity index (χ4v) is 4.51. The number of amides is 1. The van der Waals surface area contributed by atoms with E-state index in [4.69, 9.17) is 28.9 Å². The second-order valence-corrected chi connectivity index (χ2v) is 12.4. The summed E-state index contributed by atoms with van der Waals surface area (Å²) in [5.41, 5.74) is 1.57. The predicted molar refractivity (Wildman–Crippen MR) is 172 cm³/mol. The monoisotopic (exact) mass is 598 g/mol. The summed E-state index contributed by atoms with van der Waals surface area (Å²) >= 11 is 0. The number of hydrogen-bond donors (Lipinski definition) is 2. The Morgan fingerprint density at radius 1 is 0.930 bits per heavy atom. The van der Waals surface area contributed by atoms with Crippen LogP contribution in [0.4, 0.5) is 22.2 Å². The molecule has 11 heteroatoms. The standard InChI is InChI=1S/C32H50N6O5/c1-21(2)13-16-37(17-14-22(3)4)27-12-11-24-29(36-27)38(18-15-33-31(39)43-32(5,6)7)30(35-24)34-23-19-25(40-8)28(42-10)26(20-23)41-9/h11-12,19-22H,13-18H2,1-10H3,(H,33,39)(H,34,35). The second kappa shape index (κ2) is 15.0. The summed E-state index contributed by atoms with van der Waals surface area (Å²) in [6.45, 7) is 17.1. The zero-order valence-electron chi connectivity index (χ0n) is 27.5. The average Bonchev–Trinajstić information content (AvgIpc) is 3.27. The number of pyridine rings is 1. The van der Waals surface area contributed by atoms with Gasteiger partial charge in [0.1, 0.15) is 16.9 Å². The third kappa shape index (κ3) is 9.56. The van der Waals surface area contributed by atoms with Crippen LogP contribution in [0.15, 0.2) is 24.3 Å². The van der Waals surface area contributed by atoms with E-state index in [0.29, 0.717) is 53.8 Å². The van der Waals surface area contributed by atoms with Crippen molar-refractivity contribution in [1.82, 2.24) is 19.9 Å². The first kappa shape index (κ1) is 33.6. The Hall–Kier alpha value is -3.89. The number of benzene rings is 1. The summed E-state index contributed by atoms with van der Waals surface area (Å²) in [6.07, 6.45) is 1.67. The Morgan fingerprint density at radius 2 is 1.53 bits per heavy atom. The number of nitrogens with one attached hydrogen (secondary N) is 2. The van der Waals surface area contributed by atoms with Crippen molar-refractivity contribution in [2.75, 3.05) is 51.2 Å². The molecule has 0 saturated carbocycles. The van der Waals surface area contributed by atoms with Gasteiger partial charge in [0.2, 0.25) is 11.7 Å². The van der Waals surface area contributed by atoms with Crippen molar-refractivity contribution in [3.05, 3.63) is 24.3 Å². The van der Waals surface area contributed by atoms with E-state index in [2.05, 4.69) is 43.2 Å². The lowest BCUT2D eigenvalue weighted by molar-refractivity contribution is 0.0526. The third-order valence-electron chi connectivity index (χ3n) is 6.78. The molecule has 43 heavy (non-hydrogen) atoms. The molecule has 0 aliphatic rings. The van der Waals surface area contributed by atoms with Crippen molar-refractivity contribution in [1.29, 1.82) is 0 Å². The molecule has 0 saturated heterocycles. The van der Waals surface area contributed by atoms with Crippen LogP contribution < -0.4 is 29.7 Å². The van der Waals surface area contributed by atoms with E-state index in [0.717, 1.165) is 42.9 Å². The van der Waals surface area contributed by atoms with Crippen LogP contribution in [-0.4, -0.2) is 67.2 Å². The largest absolute Gasteiger partial charge is 0.493 e. The topological polar surface area (TPSA) is 112 Å². The molecule has 0 radical (unpaired) electrons. The van der Waals surface area contributed by atoms with Crippen molar-refractivity contribution in [2.24, 2.45) is 11.8 Å². The molecule has 0 bridgehead atoms. The number of hydrogen-bond acceptors (Lipinski definition) is 9. The van der Waals surface area contributed by atoms with E-state index < -0.39 is 11.7 Å². The summed E-state index contributed by atoms with van der Waals surface area (Å²) in [7, 11) is 4.72. The maximum absolute atomic E-state index is 12.4. The van der Waals surface area contributed by atoms with E-state index in [1.807, 2.05) is 49.6 Å². The molecule has 0 fully saturated rings. The molecule has 0 aliphatic heterocycles. The fourth-order valence-electron chi connectivity index (χ4n) is 4.51. The highest BCUT2D eigenvalue weighted by atomic mass is 16.6. The molecule has 0 unspecified atom stereocenters. The maximum atomic E-state index is 12.4. The quantitative estimate of drug-likeness (QED) is 0.199. The van der Waals surface area contributed by atoms with Crippen LogP contribution in [0.2, 0.25) is 0 Å². The van der Waals surface area contributed by atoms with Gasteiger partial charge < -0.3 is 34.5 Å². The number of methoxy groups -OCH3 is 3. The highest BCUT2D eigenvalue weighted by Crippen LogP contribution is 2.40. The van der Waals surface area contributed by atoms with Crippen LogP contribution in [0.5, 0.6) is 17.2 Å². The molecule has 1 aromatic carbocycles. The molecule has 2 heterocycles. The summed E-state index contributed by atoms with van der Waals surface area (Å²) in [5, 5.41) is 6.26. The number of fused-ring (bicyclic) bond motifs is 1. The average molecular weight is 599 g/mol. The number of ether oxygens (including phenoxy) is 4. The van der Waals surface area contributed by atoms with Gasteiger partial charge in [-0.25, -0.2) is 14.8 Å². The second-order valence-electron chi connectivity index (χ2n) is 12.4. The van der Waals surface area contributed by atoms with Gasteiger partial charge in [0.25, 0.3) is 0 Å². The fraction of sp³-hybridized carbons (Fsp3) is 0.594. The van der Waals surface area contributed by atoms with Crippen LogP contribution in [0, 0.1) is 11.8 Å². The van der Waals surface area contributed by atoms with Gasteiger partial charge in [0.05, 0.1) is 21.3 Å². The molecular weight excluding hydrogens is 548 g/mol. The highest BCUT2D eigenvalue weighted by molar-refractivity contribution is 5.79. The molecule has 0 aliphatic carbocycles. The Morgan fingerprint density at radius 3 is 2.05 bits per heavy atom. The van der Waals surface area contributed by atoms with Crippen molar-refractivity contribution in [3.8, 4) is 17.2 Å². The zero-order valence-corrected chi connectivity index (χ0v) is 27.5. The van der Waals surface area contributed by atoms with Crippen LogP contribution in [0.1, 0.15) is 61.3 Å². The number of rotatable bonds is 15. The van der Waals surface area contributed by atoms with Crippen molar-refractivity contribution in [2.45, 2.75) is 73.5 Å². The number of imidazole rings is 1. The van der Waals surface area contributed by atoms with Crippen LogP contribution in [0.3, 0.4) is 0 Å². The molecule has 11 nitrogen and oxygen atoms in total.